The van der Waals surface area contributed by atoms with Crippen LogP contribution in [0.3, 0.4) is 0 Å². The van der Waals surface area contributed by atoms with E-state index < -0.39 is 0 Å². The van der Waals surface area contributed by atoms with Gasteiger partial charge in [-0.3, -0.25) is 0 Å². The van der Waals surface area contributed by atoms with Gasteiger partial charge in [0.2, 0.25) is 0 Å². The number of benzene rings is 3. The van der Waals surface area contributed by atoms with Crippen LogP contribution in [0.1, 0.15) is 47.4 Å². The molecule has 148 valence electrons. The molecule has 0 saturated heterocycles. The van der Waals surface area contributed by atoms with Gasteiger partial charge >= 0.3 is 0 Å². The monoisotopic (exact) mass is 393 g/mol. The van der Waals surface area contributed by atoms with Gasteiger partial charge < -0.3 is 4.90 Å². The summed E-state index contributed by atoms with van der Waals surface area (Å²) < 4.78 is 15.1. The lowest BCUT2D eigenvalue weighted by Crippen LogP contribution is -2.46. The third-order valence-electron chi connectivity index (χ3n) is 7.97. The summed E-state index contributed by atoms with van der Waals surface area (Å²) in [7, 11) is 0. The molecule has 2 heteroatoms. The molecule has 0 bridgehead atoms. The lowest BCUT2D eigenvalue weighted by atomic mass is 9.69. The minimum atomic E-state index is -0.0643. The largest absolute Gasteiger partial charge is 0.363 e. The maximum atomic E-state index is 15.1. The molecule has 0 N–H and O–H groups in total. The molecule has 0 saturated carbocycles. The van der Waals surface area contributed by atoms with E-state index in [0.717, 1.165) is 24.9 Å². The second-order valence-corrected chi connectivity index (χ2v) is 9.37. The van der Waals surface area contributed by atoms with Crippen LogP contribution in [-0.4, -0.2) is 6.54 Å². The van der Waals surface area contributed by atoms with Crippen LogP contribution >= 0.6 is 0 Å². The third-order valence-corrected chi connectivity index (χ3v) is 7.97. The summed E-state index contributed by atoms with van der Waals surface area (Å²) in [6.07, 6.45) is 11.6. The van der Waals surface area contributed by atoms with Crippen LogP contribution in [0.25, 0.3) is 10.8 Å². The molecule has 0 fully saturated rings. The summed E-state index contributed by atoms with van der Waals surface area (Å²) in [5.74, 6) is 1.76. The van der Waals surface area contributed by atoms with Crippen LogP contribution in [-0.2, 0) is 0 Å². The third kappa shape index (κ3) is 2.12. The molecule has 1 nitrogen and oxygen atoms in total. The van der Waals surface area contributed by atoms with E-state index in [1.807, 2.05) is 18.2 Å². The van der Waals surface area contributed by atoms with Crippen molar-refractivity contribution < 1.29 is 4.39 Å². The maximum Gasteiger partial charge on any atom is 0.128 e. The van der Waals surface area contributed by atoms with Gasteiger partial charge in [-0.25, -0.2) is 4.39 Å². The molecule has 30 heavy (non-hydrogen) atoms. The van der Waals surface area contributed by atoms with E-state index in [1.54, 1.807) is 6.07 Å². The molecule has 2 heterocycles. The zero-order chi connectivity index (χ0) is 19.8. The second kappa shape index (κ2) is 6.07. The number of hydrogen-bond acceptors (Lipinski definition) is 1. The summed E-state index contributed by atoms with van der Waals surface area (Å²) in [5, 5.41) is 2.71. The Morgan fingerprint density at radius 2 is 1.63 bits per heavy atom. The Kier molecular flexibility index (Phi) is 3.42. The topological polar surface area (TPSA) is 3.24 Å². The highest BCUT2D eigenvalue weighted by atomic mass is 19.1. The van der Waals surface area contributed by atoms with Gasteiger partial charge in [-0.2, -0.15) is 0 Å². The average Bonchev–Trinajstić information content (AvgIpc) is 3.44. The van der Waals surface area contributed by atoms with Crippen LogP contribution < -0.4 is 4.90 Å². The Hall–Kier alpha value is -2.87. The average molecular weight is 394 g/mol. The quantitative estimate of drug-likeness (QED) is 0.408. The van der Waals surface area contributed by atoms with Crippen molar-refractivity contribution in [2.45, 2.75) is 30.7 Å². The van der Waals surface area contributed by atoms with Crippen molar-refractivity contribution in [2.24, 2.45) is 11.8 Å². The Labute approximate surface area is 176 Å². The number of halogens is 1. The molecule has 3 aromatic carbocycles. The SMILES string of the molecule is Fc1ccccc1[C@@H]1[C@@H]2CC=C[C@@H]2c2c3c(cc4ccccc24)[C@@H]2C=CC[C@@H]2CN31. The summed E-state index contributed by atoms with van der Waals surface area (Å²) in [6, 6.07) is 18.8. The summed E-state index contributed by atoms with van der Waals surface area (Å²) in [6.45, 7) is 1.01. The second-order valence-electron chi connectivity index (χ2n) is 9.37. The summed E-state index contributed by atoms with van der Waals surface area (Å²) in [5.41, 5.74) is 5.19. The Morgan fingerprint density at radius 1 is 0.833 bits per heavy atom. The van der Waals surface area contributed by atoms with Gasteiger partial charge in [0, 0.05) is 29.6 Å². The number of fused-ring (bicyclic) bond motifs is 6. The van der Waals surface area contributed by atoms with E-state index in [1.165, 1.54) is 27.6 Å². The summed E-state index contributed by atoms with van der Waals surface area (Å²) >= 11 is 0. The molecule has 7 rings (SSSR count). The smallest absolute Gasteiger partial charge is 0.128 e. The Morgan fingerprint density at radius 3 is 2.57 bits per heavy atom. The highest BCUT2D eigenvalue weighted by Gasteiger charge is 2.48. The molecule has 4 aliphatic rings. The molecule has 2 aliphatic heterocycles. The minimum absolute atomic E-state index is 0.0643. The van der Waals surface area contributed by atoms with Crippen LogP contribution in [0.5, 0.6) is 0 Å². The fraction of sp³-hybridized carbons (Fsp3) is 0.286. The first-order chi connectivity index (χ1) is 14.8. The van der Waals surface area contributed by atoms with E-state index in [9.17, 15) is 0 Å². The predicted molar refractivity (Wildman–Crippen MR) is 120 cm³/mol. The van der Waals surface area contributed by atoms with E-state index in [-0.39, 0.29) is 11.9 Å². The predicted octanol–water partition coefficient (Wildman–Crippen LogP) is 6.87. The van der Waals surface area contributed by atoms with Crippen molar-refractivity contribution in [3.8, 4) is 0 Å². The molecular weight excluding hydrogens is 369 g/mol. The molecule has 0 unspecified atom stereocenters. The van der Waals surface area contributed by atoms with Crippen molar-refractivity contribution in [3.63, 3.8) is 0 Å². The fourth-order valence-corrected chi connectivity index (χ4v) is 6.80. The number of rotatable bonds is 1. The van der Waals surface area contributed by atoms with Crippen molar-refractivity contribution in [2.75, 3.05) is 11.4 Å². The lowest BCUT2D eigenvalue weighted by molar-refractivity contribution is 0.329. The Balaban J connectivity index is 1.56. The normalized spacial score (nSPS) is 30.4. The first-order valence-electron chi connectivity index (χ1n) is 11.2. The molecule has 2 aliphatic carbocycles. The van der Waals surface area contributed by atoms with Gasteiger partial charge in [0.05, 0.1) is 6.04 Å². The molecule has 0 spiro atoms. The zero-order valence-corrected chi connectivity index (χ0v) is 16.8. The van der Waals surface area contributed by atoms with Crippen LogP contribution in [0.2, 0.25) is 0 Å². The molecule has 3 aromatic rings. The van der Waals surface area contributed by atoms with E-state index in [4.69, 9.17) is 0 Å². The molecule has 5 atom stereocenters. The van der Waals surface area contributed by atoms with Gasteiger partial charge in [0.1, 0.15) is 5.82 Å². The molecule has 0 radical (unpaired) electrons. The molecule has 0 aromatic heterocycles. The first kappa shape index (κ1) is 16.9. The fourth-order valence-electron chi connectivity index (χ4n) is 6.80. The summed E-state index contributed by atoms with van der Waals surface area (Å²) in [4.78, 5) is 2.60. The van der Waals surface area contributed by atoms with Gasteiger partial charge in [0.15, 0.2) is 0 Å². The van der Waals surface area contributed by atoms with E-state index >= 15 is 4.39 Å². The van der Waals surface area contributed by atoms with Gasteiger partial charge in [-0.1, -0.05) is 66.8 Å². The van der Waals surface area contributed by atoms with Crippen molar-refractivity contribution >= 4 is 16.5 Å². The van der Waals surface area contributed by atoms with Gasteiger partial charge in [-0.05, 0) is 58.7 Å². The minimum Gasteiger partial charge on any atom is -0.363 e. The molecule has 0 amide bonds. The number of anilines is 1. The molecular formula is C28H24FN. The van der Waals surface area contributed by atoms with Gasteiger partial charge in [-0.15, -0.1) is 0 Å². The number of nitrogens with zero attached hydrogens (tertiary/aromatic N) is 1. The van der Waals surface area contributed by atoms with E-state index in [0.29, 0.717) is 23.7 Å². The standard InChI is InChI=1S/C28H24FN/c29-25-14-4-3-10-23(25)27-22-13-6-12-21(22)26-20-9-2-1-7-17(20)15-24-19-11-5-8-18(19)16-30(27)28(24)26/h1-7,9-12,14-15,18-19,21-22,27H,8,13,16H2/t18-,19-,21+,22-,27+/m1/s1. The van der Waals surface area contributed by atoms with Crippen molar-refractivity contribution in [1.29, 1.82) is 0 Å². The maximum absolute atomic E-state index is 15.1. The lowest BCUT2D eigenvalue weighted by Gasteiger charge is -2.51. The van der Waals surface area contributed by atoms with Crippen molar-refractivity contribution in [3.05, 3.63) is 101 Å². The van der Waals surface area contributed by atoms with E-state index in [2.05, 4.69) is 59.5 Å². The van der Waals surface area contributed by atoms with Crippen LogP contribution in [0, 0.1) is 17.7 Å². The van der Waals surface area contributed by atoms with Crippen LogP contribution in [0.4, 0.5) is 10.1 Å². The zero-order valence-electron chi connectivity index (χ0n) is 16.8. The van der Waals surface area contributed by atoms with Crippen LogP contribution in [0.15, 0.2) is 78.9 Å². The highest BCUT2D eigenvalue weighted by Crippen LogP contribution is 2.60. The number of allylic oxidation sites excluding steroid dienone is 4. The first-order valence-corrected chi connectivity index (χ1v) is 11.2. The Bertz CT molecular complexity index is 1240. The number of hydrogen-bond donors (Lipinski definition) is 0. The highest BCUT2D eigenvalue weighted by molar-refractivity contribution is 5.94. The van der Waals surface area contributed by atoms with Gasteiger partial charge in [0.25, 0.3) is 0 Å². The van der Waals surface area contributed by atoms with Crippen molar-refractivity contribution in [1.82, 2.24) is 0 Å².